The second-order valence-corrected chi connectivity index (χ2v) is 38.2. The fourth-order valence-corrected chi connectivity index (χ4v) is 9.66. The van der Waals surface area contributed by atoms with Crippen LogP contribution in [0.2, 0.25) is 54.4 Å². The molecule has 2 saturated heterocycles. The summed E-state index contributed by atoms with van der Waals surface area (Å²) in [7, 11) is -5.37. The van der Waals surface area contributed by atoms with Crippen molar-refractivity contribution < 1.29 is 47.2 Å². The molecular formula is C60H96O10Si3. The van der Waals surface area contributed by atoms with Crippen molar-refractivity contribution in [2.45, 2.75) is 186 Å². The SMILES string of the molecule is CC(C)(C)[Si](C)(C)OCC(=O)c1ccccc1.CC(C)(C)[Si](C)(C)OCC(O)c1ccccc1.CC(C)(C)[Si](C)(C)OCC(OC1CCCCO1)c1ccccc1.OCC(OC1CCCCO1)c1ccccc1. The van der Waals surface area contributed by atoms with Crippen LogP contribution in [-0.2, 0) is 32.2 Å². The maximum absolute atomic E-state index is 11.9. The van der Waals surface area contributed by atoms with Gasteiger partial charge in [-0.25, -0.2) is 0 Å². The molecule has 2 aliphatic heterocycles. The fourth-order valence-electron chi connectivity index (χ4n) is 6.73. The van der Waals surface area contributed by atoms with E-state index in [0.717, 1.165) is 62.0 Å². The molecule has 5 unspecified atom stereocenters. The lowest BCUT2D eigenvalue weighted by Crippen LogP contribution is -2.42. The molecule has 0 spiro atoms. The lowest BCUT2D eigenvalue weighted by molar-refractivity contribution is -0.196. The highest BCUT2D eigenvalue weighted by Gasteiger charge is 2.40. The molecular weight excluding hydrogens is 965 g/mol. The fraction of sp³-hybridized carbons (Fsp3) is 0.583. The molecule has 6 rings (SSSR count). The van der Waals surface area contributed by atoms with Crippen LogP contribution in [0.3, 0.4) is 0 Å². The van der Waals surface area contributed by atoms with E-state index in [-0.39, 0.29) is 58.9 Å². The van der Waals surface area contributed by atoms with E-state index < -0.39 is 31.1 Å². The zero-order valence-electron chi connectivity index (χ0n) is 47.6. The zero-order chi connectivity index (χ0) is 54.4. The molecule has 0 radical (unpaired) electrons. The third-order valence-corrected chi connectivity index (χ3v) is 28.4. The first-order valence-electron chi connectivity index (χ1n) is 26.7. The third kappa shape index (κ3) is 22.9. The van der Waals surface area contributed by atoms with Crippen LogP contribution < -0.4 is 0 Å². The van der Waals surface area contributed by atoms with Crippen molar-refractivity contribution in [3.05, 3.63) is 144 Å². The summed E-state index contributed by atoms with van der Waals surface area (Å²) in [5.74, 6) is 0.0652. The van der Waals surface area contributed by atoms with Crippen molar-refractivity contribution in [1.29, 1.82) is 0 Å². The average Bonchev–Trinajstić information content (AvgIpc) is 3.36. The van der Waals surface area contributed by atoms with Crippen molar-refractivity contribution >= 4 is 30.7 Å². The summed E-state index contributed by atoms with van der Waals surface area (Å²) in [6.07, 6.45) is 5.33. The first kappa shape index (κ1) is 64.1. The van der Waals surface area contributed by atoms with E-state index in [4.69, 9.17) is 32.2 Å². The Kier molecular flexibility index (Phi) is 26.8. The summed E-state index contributed by atoms with van der Waals surface area (Å²) < 4.78 is 41.6. The second-order valence-electron chi connectivity index (χ2n) is 23.8. The van der Waals surface area contributed by atoms with Gasteiger partial charge in [-0.3, -0.25) is 4.79 Å². The van der Waals surface area contributed by atoms with E-state index in [0.29, 0.717) is 13.2 Å². The van der Waals surface area contributed by atoms with Gasteiger partial charge in [0.25, 0.3) is 0 Å². The van der Waals surface area contributed by atoms with Gasteiger partial charge in [0.15, 0.2) is 43.3 Å². The smallest absolute Gasteiger partial charge is 0.192 e. The van der Waals surface area contributed by atoms with Gasteiger partial charge in [0.2, 0.25) is 0 Å². The Labute approximate surface area is 445 Å². The molecule has 73 heavy (non-hydrogen) atoms. The standard InChI is InChI=1S/C19H32O3Si.C14H24O2Si.C14H22O2Si.C13H18O3/c1-19(2,3)23(4,5)21-15-17(16-11-7-6-8-12-16)22-18-13-9-10-14-20-18;2*1-14(2,3)17(4,5)16-11-13(15)12-9-7-6-8-10-12;14-10-12(11-6-2-1-3-7-11)16-13-8-4-5-9-15-13/h6-8,11-12,17-18H,9-10,13-15H2,1-5H3;6-10,13,15H,11H2,1-5H3;6-10H,11H2,1-5H3;1-3,6-7,12-14H,4-5,8-10H2. The molecule has 4 aromatic carbocycles. The van der Waals surface area contributed by atoms with Crippen LogP contribution in [0.5, 0.6) is 0 Å². The number of hydrogen-bond acceptors (Lipinski definition) is 10. The van der Waals surface area contributed by atoms with Gasteiger partial charge in [0.1, 0.15) is 18.3 Å². The van der Waals surface area contributed by atoms with Crippen molar-refractivity contribution in [2.24, 2.45) is 0 Å². The van der Waals surface area contributed by atoms with Gasteiger partial charge in [0.05, 0.1) is 26.4 Å². The minimum Gasteiger partial charge on any atom is -0.414 e. The number of aliphatic hydroxyl groups excluding tert-OH is 2. The summed E-state index contributed by atoms with van der Waals surface area (Å²) in [4.78, 5) is 11.9. The van der Waals surface area contributed by atoms with Crippen LogP contribution in [-0.4, -0.2) is 93.2 Å². The third-order valence-electron chi connectivity index (χ3n) is 14.9. The van der Waals surface area contributed by atoms with Crippen LogP contribution >= 0.6 is 0 Å². The Morgan fingerprint density at radius 1 is 0.521 bits per heavy atom. The molecule has 4 aromatic rings. The first-order chi connectivity index (χ1) is 34.2. The Morgan fingerprint density at radius 2 is 0.877 bits per heavy atom. The number of ether oxygens (including phenoxy) is 4. The Balaban J connectivity index is 0.000000260. The largest absolute Gasteiger partial charge is 0.414 e. The average molecular weight is 1060 g/mol. The van der Waals surface area contributed by atoms with E-state index in [2.05, 4.69) is 126 Å². The van der Waals surface area contributed by atoms with Gasteiger partial charge >= 0.3 is 0 Å². The van der Waals surface area contributed by atoms with Crippen molar-refractivity contribution in [3.8, 4) is 0 Å². The highest BCUT2D eigenvalue weighted by molar-refractivity contribution is 6.75. The number of rotatable bonds is 18. The molecule has 2 N–H and O–H groups in total. The second kappa shape index (κ2) is 30.5. The number of ketones is 1. The van der Waals surface area contributed by atoms with Gasteiger partial charge in [-0.15, -0.1) is 0 Å². The number of benzene rings is 4. The maximum atomic E-state index is 11.9. The number of aliphatic hydroxyl groups is 2. The quantitative estimate of drug-likeness (QED) is 0.0736. The van der Waals surface area contributed by atoms with Gasteiger partial charge < -0.3 is 42.4 Å². The number of Topliss-reactive ketones (excluding diaryl/α,β-unsaturated/α-hetero) is 1. The van der Waals surface area contributed by atoms with E-state index in [1.54, 1.807) is 0 Å². The zero-order valence-corrected chi connectivity index (χ0v) is 50.6. The first-order valence-corrected chi connectivity index (χ1v) is 35.4. The van der Waals surface area contributed by atoms with Gasteiger partial charge in [-0.1, -0.05) is 184 Å². The minimum absolute atomic E-state index is 0.0100. The summed E-state index contributed by atoms with van der Waals surface area (Å²) in [5.41, 5.74) is 3.82. The van der Waals surface area contributed by atoms with Gasteiger partial charge in [0, 0.05) is 18.8 Å². The molecule has 0 amide bonds. The molecule has 2 fully saturated rings. The van der Waals surface area contributed by atoms with Crippen LogP contribution in [0.25, 0.3) is 0 Å². The van der Waals surface area contributed by atoms with E-state index in [1.165, 1.54) is 12.0 Å². The lowest BCUT2D eigenvalue weighted by atomic mass is 10.1. The van der Waals surface area contributed by atoms with Crippen molar-refractivity contribution in [3.63, 3.8) is 0 Å². The predicted octanol–water partition coefficient (Wildman–Crippen LogP) is 15.2. The molecule has 0 aromatic heterocycles. The van der Waals surface area contributed by atoms with E-state index in [1.807, 2.05) is 97.1 Å². The van der Waals surface area contributed by atoms with Crippen LogP contribution in [0, 0.1) is 0 Å². The van der Waals surface area contributed by atoms with Gasteiger partial charge in [-0.2, -0.15) is 0 Å². The summed E-state index contributed by atoms with van der Waals surface area (Å²) in [6, 6.07) is 39.1. The lowest BCUT2D eigenvalue weighted by Gasteiger charge is -2.38. The molecule has 408 valence electrons. The molecule has 13 heteroatoms. The molecule has 2 heterocycles. The van der Waals surface area contributed by atoms with Crippen molar-refractivity contribution in [1.82, 2.24) is 0 Å². The normalized spacial score (nSPS) is 18.0. The summed E-state index contributed by atoms with van der Waals surface area (Å²) in [6.45, 7) is 35.9. The number of carbonyl (C=O) groups excluding carboxylic acids is 1. The molecule has 0 aliphatic carbocycles. The maximum Gasteiger partial charge on any atom is 0.192 e. The molecule has 5 atom stereocenters. The Morgan fingerprint density at radius 3 is 1.26 bits per heavy atom. The monoisotopic (exact) mass is 1060 g/mol. The minimum atomic E-state index is -1.82. The number of hydrogen-bond donors (Lipinski definition) is 2. The van der Waals surface area contributed by atoms with Crippen LogP contribution in [0.15, 0.2) is 121 Å². The highest BCUT2D eigenvalue weighted by atomic mass is 28.4. The molecule has 0 bridgehead atoms. The summed E-state index contributed by atoms with van der Waals surface area (Å²) in [5, 5.41) is 19.9. The highest BCUT2D eigenvalue weighted by Crippen LogP contribution is 2.39. The predicted molar refractivity (Wildman–Crippen MR) is 306 cm³/mol. The molecule has 2 aliphatic rings. The molecule has 0 saturated carbocycles. The number of carbonyl (C=O) groups is 1. The topological polar surface area (TPSA) is 122 Å². The van der Waals surface area contributed by atoms with E-state index in [9.17, 15) is 15.0 Å². The molecule has 10 nitrogen and oxygen atoms in total. The van der Waals surface area contributed by atoms with Gasteiger partial charge in [-0.05, 0) is 110 Å². The summed E-state index contributed by atoms with van der Waals surface area (Å²) >= 11 is 0. The Hall–Kier alpha value is -3.16. The van der Waals surface area contributed by atoms with E-state index >= 15 is 0 Å². The van der Waals surface area contributed by atoms with Crippen LogP contribution in [0.4, 0.5) is 0 Å². The Bertz CT molecular complexity index is 2070. The van der Waals surface area contributed by atoms with Crippen molar-refractivity contribution in [2.75, 3.05) is 39.6 Å². The van der Waals surface area contributed by atoms with Crippen LogP contribution in [0.1, 0.15) is 146 Å².